The lowest BCUT2D eigenvalue weighted by atomic mass is 10.1. The zero-order valence-electron chi connectivity index (χ0n) is 11.8. The lowest BCUT2D eigenvalue weighted by molar-refractivity contribution is -0.138. The third kappa shape index (κ3) is 2.98. The first-order valence-electron chi connectivity index (χ1n) is 7.05. The number of carboxylic acids is 1. The molecule has 0 spiro atoms. The van der Waals surface area contributed by atoms with Crippen molar-refractivity contribution in [1.82, 2.24) is 0 Å². The van der Waals surface area contributed by atoms with Crippen molar-refractivity contribution in [3.63, 3.8) is 0 Å². The molecule has 0 aromatic heterocycles. The van der Waals surface area contributed by atoms with Crippen LogP contribution in [-0.4, -0.2) is 11.1 Å². The summed E-state index contributed by atoms with van der Waals surface area (Å²) >= 11 is 0. The van der Waals surface area contributed by atoms with Crippen molar-refractivity contribution in [2.45, 2.75) is 19.3 Å². The van der Waals surface area contributed by atoms with E-state index in [2.05, 4.69) is 11.8 Å². The van der Waals surface area contributed by atoms with Crippen molar-refractivity contribution in [2.75, 3.05) is 0 Å². The number of rotatable bonds is 2. The van der Waals surface area contributed by atoms with Crippen LogP contribution >= 0.6 is 0 Å². The quantitative estimate of drug-likeness (QED) is 0.851. The normalized spacial score (nSPS) is 19.5. The first-order valence-corrected chi connectivity index (χ1v) is 7.05. The monoisotopic (exact) mass is 276 g/mol. The van der Waals surface area contributed by atoms with Gasteiger partial charge in [0.05, 0.1) is 5.92 Å². The molecule has 2 nitrogen and oxygen atoms in total. The molecule has 2 aromatic carbocycles. The molecule has 21 heavy (non-hydrogen) atoms. The van der Waals surface area contributed by atoms with E-state index >= 15 is 0 Å². The molecular weight excluding hydrogens is 260 g/mol. The third-order valence-electron chi connectivity index (χ3n) is 3.93. The van der Waals surface area contributed by atoms with E-state index in [4.69, 9.17) is 5.11 Å². The maximum atomic E-state index is 10.9. The van der Waals surface area contributed by atoms with Crippen molar-refractivity contribution < 1.29 is 9.90 Å². The second-order valence-corrected chi connectivity index (χ2v) is 5.47. The van der Waals surface area contributed by atoms with Gasteiger partial charge in [-0.3, -0.25) is 4.79 Å². The van der Waals surface area contributed by atoms with Crippen LogP contribution in [0.15, 0.2) is 48.5 Å². The highest BCUT2D eigenvalue weighted by Crippen LogP contribution is 2.47. The summed E-state index contributed by atoms with van der Waals surface area (Å²) < 4.78 is 0. The number of aryl methyl sites for hydroxylation is 1. The smallest absolute Gasteiger partial charge is 0.307 e. The lowest BCUT2D eigenvalue weighted by Gasteiger charge is -1.99. The van der Waals surface area contributed by atoms with Gasteiger partial charge >= 0.3 is 5.97 Å². The zero-order chi connectivity index (χ0) is 14.8. The summed E-state index contributed by atoms with van der Waals surface area (Å²) in [7, 11) is 0. The molecule has 1 fully saturated rings. The molecule has 2 heteroatoms. The summed E-state index contributed by atoms with van der Waals surface area (Å²) in [6.07, 6.45) is 0.754. The fourth-order valence-electron chi connectivity index (χ4n) is 2.50. The van der Waals surface area contributed by atoms with Gasteiger partial charge in [0.15, 0.2) is 0 Å². The molecule has 0 heterocycles. The van der Waals surface area contributed by atoms with Crippen LogP contribution < -0.4 is 0 Å². The molecule has 104 valence electrons. The second kappa shape index (κ2) is 5.46. The van der Waals surface area contributed by atoms with E-state index in [9.17, 15) is 4.79 Å². The third-order valence-corrected chi connectivity index (χ3v) is 3.93. The highest BCUT2D eigenvalue weighted by molar-refractivity contribution is 5.75. The molecule has 3 rings (SSSR count). The van der Waals surface area contributed by atoms with Crippen LogP contribution in [0.25, 0.3) is 0 Å². The summed E-state index contributed by atoms with van der Waals surface area (Å²) in [5, 5.41) is 8.95. The van der Waals surface area contributed by atoms with Gasteiger partial charge in [0, 0.05) is 11.1 Å². The molecule has 2 atom stereocenters. The SMILES string of the molecule is Cc1ccccc1C#Cc1ccc(C2CC2C(=O)O)cc1. The Bertz CT molecular complexity index is 732. The van der Waals surface area contributed by atoms with E-state index < -0.39 is 5.97 Å². The standard InChI is InChI=1S/C19H16O2/c1-13-4-2-3-5-15(13)9-6-14-7-10-16(11-8-14)17-12-18(17)19(20)21/h2-5,7-8,10-11,17-18H,12H2,1H3,(H,20,21). The van der Waals surface area contributed by atoms with Crippen LogP contribution in [0.2, 0.25) is 0 Å². The van der Waals surface area contributed by atoms with Crippen LogP contribution in [-0.2, 0) is 4.79 Å². The topological polar surface area (TPSA) is 37.3 Å². The van der Waals surface area contributed by atoms with Gasteiger partial charge in [-0.25, -0.2) is 0 Å². The molecule has 1 saturated carbocycles. The Balaban J connectivity index is 1.74. The summed E-state index contributed by atoms with van der Waals surface area (Å²) in [6.45, 7) is 2.05. The van der Waals surface area contributed by atoms with Crippen LogP contribution in [0.3, 0.4) is 0 Å². The van der Waals surface area contributed by atoms with Gasteiger partial charge < -0.3 is 5.11 Å². The molecule has 0 bridgehead atoms. The van der Waals surface area contributed by atoms with Gasteiger partial charge in [-0.2, -0.15) is 0 Å². The van der Waals surface area contributed by atoms with E-state index in [1.165, 1.54) is 5.56 Å². The Kier molecular flexibility index (Phi) is 3.50. The molecule has 2 aromatic rings. The van der Waals surface area contributed by atoms with Crippen LogP contribution in [0, 0.1) is 24.7 Å². The molecule has 0 amide bonds. The molecule has 1 N–H and O–H groups in total. The predicted octanol–water partition coefficient (Wildman–Crippen LogP) is 3.58. The number of hydrogen-bond donors (Lipinski definition) is 1. The highest BCUT2D eigenvalue weighted by Gasteiger charge is 2.43. The van der Waals surface area contributed by atoms with Gasteiger partial charge in [0.25, 0.3) is 0 Å². The Morgan fingerprint density at radius 2 is 1.81 bits per heavy atom. The Morgan fingerprint density at radius 3 is 2.43 bits per heavy atom. The van der Waals surface area contributed by atoms with E-state index in [0.29, 0.717) is 0 Å². The van der Waals surface area contributed by atoms with E-state index in [1.54, 1.807) is 0 Å². The molecule has 1 aliphatic rings. The van der Waals surface area contributed by atoms with Crippen LogP contribution in [0.1, 0.15) is 34.6 Å². The molecule has 1 aliphatic carbocycles. The van der Waals surface area contributed by atoms with Crippen LogP contribution in [0.5, 0.6) is 0 Å². The largest absolute Gasteiger partial charge is 0.481 e. The summed E-state index contributed by atoms with van der Waals surface area (Å²) in [6, 6.07) is 16.0. The van der Waals surface area contributed by atoms with Crippen molar-refractivity contribution in [1.29, 1.82) is 0 Å². The highest BCUT2D eigenvalue weighted by atomic mass is 16.4. The predicted molar refractivity (Wildman–Crippen MR) is 82.1 cm³/mol. The molecule has 0 aliphatic heterocycles. The Morgan fingerprint density at radius 1 is 1.10 bits per heavy atom. The van der Waals surface area contributed by atoms with Gasteiger partial charge in [-0.1, -0.05) is 42.2 Å². The number of hydrogen-bond acceptors (Lipinski definition) is 1. The van der Waals surface area contributed by atoms with Crippen molar-refractivity contribution in [2.24, 2.45) is 5.92 Å². The van der Waals surface area contributed by atoms with Gasteiger partial charge in [0.2, 0.25) is 0 Å². The summed E-state index contributed by atoms with van der Waals surface area (Å²) in [5.41, 5.74) is 4.26. The fourth-order valence-corrected chi connectivity index (χ4v) is 2.50. The first-order chi connectivity index (χ1) is 10.1. The Labute approximate surface area is 124 Å². The first kappa shape index (κ1) is 13.5. The van der Waals surface area contributed by atoms with Crippen molar-refractivity contribution in [3.05, 3.63) is 70.8 Å². The van der Waals surface area contributed by atoms with E-state index in [0.717, 1.165) is 23.1 Å². The molecule has 2 unspecified atom stereocenters. The average molecular weight is 276 g/mol. The zero-order valence-corrected chi connectivity index (χ0v) is 11.8. The van der Waals surface area contributed by atoms with Crippen molar-refractivity contribution in [3.8, 4) is 11.8 Å². The summed E-state index contributed by atoms with van der Waals surface area (Å²) in [5.74, 6) is 5.62. The maximum absolute atomic E-state index is 10.9. The fraction of sp³-hybridized carbons (Fsp3) is 0.211. The second-order valence-electron chi connectivity index (χ2n) is 5.47. The summed E-state index contributed by atoms with van der Waals surface area (Å²) in [4.78, 5) is 10.9. The number of carbonyl (C=O) groups is 1. The van der Waals surface area contributed by atoms with Crippen molar-refractivity contribution >= 4 is 5.97 Å². The number of carboxylic acid groups (broad SMARTS) is 1. The molecular formula is C19H16O2. The van der Waals surface area contributed by atoms with E-state index in [1.807, 2.05) is 55.5 Å². The van der Waals surface area contributed by atoms with Gasteiger partial charge in [-0.15, -0.1) is 0 Å². The maximum Gasteiger partial charge on any atom is 0.307 e. The number of benzene rings is 2. The Hall–Kier alpha value is -2.53. The minimum Gasteiger partial charge on any atom is -0.481 e. The minimum atomic E-state index is -0.691. The van der Waals surface area contributed by atoms with E-state index in [-0.39, 0.29) is 11.8 Å². The molecule has 0 saturated heterocycles. The van der Waals surface area contributed by atoms with Gasteiger partial charge in [0.1, 0.15) is 0 Å². The van der Waals surface area contributed by atoms with Crippen LogP contribution in [0.4, 0.5) is 0 Å². The molecule has 0 radical (unpaired) electrons. The lowest BCUT2D eigenvalue weighted by Crippen LogP contribution is -1.98. The van der Waals surface area contributed by atoms with Gasteiger partial charge in [-0.05, 0) is 48.6 Å². The average Bonchev–Trinajstić information content (AvgIpc) is 3.28. The number of aliphatic carboxylic acids is 1. The minimum absolute atomic E-state index is 0.181.